The Labute approximate surface area is 804 Å². The van der Waals surface area contributed by atoms with Crippen molar-refractivity contribution >= 4 is 128 Å². The molecule has 0 saturated carbocycles. The number of likely N-dealkylation sites (tertiary alicyclic amines) is 2. The third kappa shape index (κ3) is 23.9. The summed E-state index contributed by atoms with van der Waals surface area (Å²) in [5, 5.41) is 51.0. The molecule has 0 unspecified atom stereocenters. The van der Waals surface area contributed by atoms with Gasteiger partial charge in [0, 0.05) is 138 Å². The fraction of sp³-hybridized carbons (Fsp3) is 0.280. The second kappa shape index (κ2) is 43.4. The number of fused-ring (bicyclic) bond motifs is 6. The number of nitrogens with one attached hydrogen (secondary N) is 7. The number of aryl methyl sites for hydroxylation is 2. The number of rotatable bonds is 25. The molecule has 4 aromatic heterocycles. The van der Waals surface area contributed by atoms with E-state index < -0.39 is 100 Å². The van der Waals surface area contributed by atoms with Crippen molar-refractivity contribution in [1.29, 1.82) is 0 Å². The van der Waals surface area contributed by atoms with Gasteiger partial charge < -0.3 is 68.1 Å². The second-order valence-electron chi connectivity index (χ2n) is 35.2. The van der Waals surface area contributed by atoms with E-state index in [0.29, 0.717) is 78.3 Å². The van der Waals surface area contributed by atoms with Crippen LogP contribution in [0.2, 0.25) is 10.0 Å². The van der Waals surface area contributed by atoms with Crippen LogP contribution in [0.3, 0.4) is 0 Å². The quantitative estimate of drug-likeness (QED) is 0.0237. The van der Waals surface area contributed by atoms with E-state index in [1.807, 2.05) is 88.7 Å². The van der Waals surface area contributed by atoms with Crippen LogP contribution in [0.5, 0.6) is 0 Å². The predicted molar refractivity (Wildman–Crippen MR) is 517 cm³/mol. The van der Waals surface area contributed by atoms with Crippen LogP contribution < -0.4 is 43.0 Å². The molecule has 37 heteroatoms. The minimum Gasteiger partial charge on any atom is -0.478 e. The molecule has 2 fully saturated rings. The summed E-state index contributed by atoms with van der Waals surface area (Å²) in [4.78, 5) is 144. The molecule has 4 aliphatic rings. The number of nitrogens with zero attached hydrogens (tertiary/aromatic N) is 10. The molecule has 16 rings (SSSR count). The Balaban J connectivity index is 0.000000182. The van der Waals surface area contributed by atoms with Crippen molar-refractivity contribution in [3.05, 3.63) is 294 Å². The fourth-order valence-corrected chi connectivity index (χ4v) is 18.0. The third-order valence-corrected chi connectivity index (χ3v) is 25.6. The number of carboxylic acids is 1. The zero-order valence-corrected chi connectivity index (χ0v) is 78.8. The number of aromatic carboxylic acids is 1. The number of aliphatic hydroxyl groups excluding tert-OH is 2. The lowest BCUT2D eigenvalue weighted by Gasteiger charge is -2.35. The molecule has 6 atom stereocenters. The predicted octanol–water partition coefficient (Wildman–Crippen LogP) is 15.0. The lowest BCUT2D eigenvalue weighted by atomic mass is 9.85. The maximum absolute atomic E-state index is 15.0. The van der Waals surface area contributed by atoms with Gasteiger partial charge in [0.25, 0.3) is 5.91 Å². The molecule has 8 heterocycles. The van der Waals surface area contributed by atoms with Crippen molar-refractivity contribution in [3.8, 4) is 43.4 Å². The third-order valence-electron chi connectivity index (χ3n) is 23.2. The van der Waals surface area contributed by atoms with Gasteiger partial charge >= 0.3 is 5.97 Å². The number of hydrogen-bond donors (Lipinski definition) is 11. The van der Waals surface area contributed by atoms with Gasteiger partial charge in [-0.25, -0.2) is 52.3 Å². The van der Waals surface area contributed by atoms with Gasteiger partial charge in [-0.1, -0.05) is 138 Å². The number of hydrogen-bond acceptors (Lipinski definition) is 23. The van der Waals surface area contributed by atoms with E-state index in [0.717, 1.165) is 43.4 Å². The molecule has 7 amide bonds. The SMILES string of the molecule is Cc1ncsc1-c1ccc(CNC(=O)[C@@H]2C[C@@H](O)CN2C(=O)[C@@H](NC(=O)CCN)C(C)(C)C)cc1.Cc1ncsc1-c1ccc(CNC(=O)[C@@H]2C[C@@H](O)CN2C(=O)[C@@H](NC(=O)CCNC(=O)c2ccc(Nc3ncc4c(n3)-c3ccc(Cl)cc3C(c3c(F)cccc3F)=NC4)cc2)C(C)(C)C)cc1.O=C(O)c1ccc(Nc2ncc3c(n2)-c2ccc(Cl)cc2C(c2c(F)cccc2F)=NC3)cc1. The Morgan fingerprint density at radius 3 is 1.27 bits per heavy atom. The number of β-amino-alcohol motifs (C(OH)–C–C–N with tert-alkyl or cyclic N) is 2. The molecular weight excluding hydrogens is 1840 g/mol. The molecule has 12 N–H and O–H groups in total. The van der Waals surface area contributed by atoms with Crippen LogP contribution >= 0.6 is 45.9 Å². The van der Waals surface area contributed by atoms with Gasteiger partial charge in [-0.05, 0) is 144 Å². The average molecular weight is 1940 g/mol. The Morgan fingerprint density at radius 2 is 0.898 bits per heavy atom. The number of nitrogens with two attached hydrogens (primary N) is 1. The number of benzene rings is 8. The molecule has 8 aromatic carbocycles. The Morgan fingerprint density at radius 1 is 0.504 bits per heavy atom. The lowest BCUT2D eigenvalue weighted by molar-refractivity contribution is -0.144. The number of aliphatic imine (C=N–C) groups is 2. The van der Waals surface area contributed by atoms with Crippen LogP contribution in [0.1, 0.15) is 144 Å². The van der Waals surface area contributed by atoms with E-state index in [1.165, 1.54) is 58.3 Å². The van der Waals surface area contributed by atoms with Gasteiger partial charge in [-0.2, -0.15) is 0 Å². The van der Waals surface area contributed by atoms with E-state index in [-0.39, 0.29) is 129 Å². The maximum atomic E-state index is 15.0. The van der Waals surface area contributed by atoms with Crippen LogP contribution in [0.25, 0.3) is 43.4 Å². The molecule has 0 bridgehead atoms. The first-order valence-corrected chi connectivity index (χ1v) is 46.3. The topological polar surface area (TPSA) is 416 Å². The molecule has 29 nitrogen and oxygen atoms in total. The van der Waals surface area contributed by atoms with Gasteiger partial charge in [0.1, 0.15) is 47.4 Å². The molecule has 137 heavy (non-hydrogen) atoms. The van der Waals surface area contributed by atoms with E-state index in [2.05, 4.69) is 72.1 Å². The highest BCUT2D eigenvalue weighted by molar-refractivity contribution is 7.13. The van der Waals surface area contributed by atoms with Crippen molar-refractivity contribution < 1.29 is 71.2 Å². The van der Waals surface area contributed by atoms with E-state index in [9.17, 15) is 66.1 Å². The van der Waals surface area contributed by atoms with Gasteiger partial charge in [0.2, 0.25) is 47.3 Å². The zero-order chi connectivity index (χ0) is 97.8. The molecule has 2 saturated heterocycles. The van der Waals surface area contributed by atoms with E-state index >= 15 is 0 Å². The van der Waals surface area contributed by atoms with Gasteiger partial charge in [-0.3, -0.25) is 43.5 Å². The Kier molecular flexibility index (Phi) is 31.4. The normalized spacial score (nSPS) is 15.7. The monoisotopic (exact) mass is 1940 g/mol. The first-order chi connectivity index (χ1) is 65.4. The minimum absolute atomic E-state index is 0.0291. The van der Waals surface area contributed by atoms with Crippen molar-refractivity contribution in [2.75, 3.05) is 36.8 Å². The van der Waals surface area contributed by atoms with E-state index in [4.69, 9.17) is 39.0 Å². The summed E-state index contributed by atoms with van der Waals surface area (Å²) in [6.07, 6.45) is 1.64. The van der Waals surface area contributed by atoms with Gasteiger partial charge in [-0.15, -0.1) is 22.7 Å². The highest BCUT2D eigenvalue weighted by Crippen LogP contribution is 2.40. The lowest BCUT2D eigenvalue weighted by Crippen LogP contribution is -2.57. The standard InChI is InChI=1S/C50H48ClF2N9O5S.C25H15ClF2N4O2.C25H35N5O4S/c1-27-44(68-26-58-27)29-10-8-28(9-11-29)22-56-47(66)39-21-34(63)25-62(39)48(67)45(50(2,3)4)60-40(64)18-19-54-46(65)30-12-15-33(16-13-30)59-49-57-24-31-23-55-43(41-37(52)6-5-7-38(41)53)36-20-32(51)14-17-35(36)42(31)61-49;26-15-6-9-17-18(10-15)23(21-19(27)2-1-3-20(21)28)29-11-14-12-30-25(32-22(14)17)31-16-7-4-13(5-8-16)24(33)34;1-15-21(35-14-28-15)17-7-5-16(6-8-17)12-27-23(33)19-11-18(31)13-30(19)24(34)22(25(2,3)4)29-20(32)9-10-26/h5-17,20,24,26,34,39,45,63H,18-19,21-23,25H2,1-4H3,(H,54,65)(H,56,66)(H,60,64)(H,57,59,61);1-10,12H,11H2,(H,33,34)(H,30,31,32);5-8,14,18-19,22,31H,9-13,26H2,1-4H3,(H,27,33)(H,29,32)/t34-,39+,45-;;18-,19+,22-/m1.1/s1. The molecule has 0 aliphatic carbocycles. The fourth-order valence-electron chi connectivity index (χ4n) is 16.1. The van der Waals surface area contributed by atoms with Crippen molar-refractivity contribution in [2.45, 2.75) is 144 Å². The van der Waals surface area contributed by atoms with Crippen LogP contribution in [0.4, 0.5) is 40.8 Å². The molecule has 0 spiro atoms. The summed E-state index contributed by atoms with van der Waals surface area (Å²) in [5.74, 6) is -6.36. The van der Waals surface area contributed by atoms with E-state index in [1.54, 1.807) is 134 Å². The number of amides is 7. The largest absolute Gasteiger partial charge is 0.478 e. The number of aromatic nitrogens is 6. The first kappa shape index (κ1) is 99.0. The number of carbonyl (C=O) groups excluding carboxylic acids is 7. The zero-order valence-electron chi connectivity index (χ0n) is 75.7. The summed E-state index contributed by atoms with van der Waals surface area (Å²) in [6, 6.07) is 42.0. The Hall–Kier alpha value is -13.9. The van der Waals surface area contributed by atoms with Gasteiger partial charge in [0.05, 0.1) is 97.0 Å². The molecule has 708 valence electrons. The number of carboxylic acid groups (broad SMARTS) is 1. The number of halogens is 6. The van der Waals surface area contributed by atoms with Crippen molar-refractivity contribution in [1.82, 2.24) is 66.3 Å². The highest BCUT2D eigenvalue weighted by Gasteiger charge is 2.47. The first-order valence-electron chi connectivity index (χ1n) is 43.8. The summed E-state index contributed by atoms with van der Waals surface area (Å²) in [5.41, 5.74) is 19.3. The molecule has 12 aromatic rings. The average Bonchev–Trinajstić information content (AvgIpc) is 1.76. The molecular formula is C100H98Cl2F4N18O11S2. The summed E-state index contributed by atoms with van der Waals surface area (Å²) in [6.45, 7) is 15.7. The van der Waals surface area contributed by atoms with Crippen LogP contribution in [0, 0.1) is 47.9 Å². The number of anilines is 4. The number of aliphatic hydroxyl groups is 2. The maximum Gasteiger partial charge on any atom is 0.335 e. The summed E-state index contributed by atoms with van der Waals surface area (Å²) in [7, 11) is 0. The molecule has 0 radical (unpaired) electrons. The van der Waals surface area contributed by atoms with Crippen molar-refractivity contribution in [2.24, 2.45) is 26.5 Å². The van der Waals surface area contributed by atoms with Crippen LogP contribution in [-0.4, -0.2) is 176 Å². The van der Waals surface area contributed by atoms with Crippen LogP contribution in [-0.2, 0) is 54.9 Å². The van der Waals surface area contributed by atoms with Crippen LogP contribution in [0.15, 0.2) is 203 Å². The van der Waals surface area contributed by atoms with Gasteiger partial charge in [0.15, 0.2) is 0 Å². The number of thiazole rings is 2. The van der Waals surface area contributed by atoms with Crippen molar-refractivity contribution in [3.63, 3.8) is 0 Å². The summed E-state index contributed by atoms with van der Waals surface area (Å²) < 4.78 is 59.2. The Bertz CT molecular complexity index is 6580. The minimum atomic E-state index is -1.03. The molecule has 4 aliphatic heterocycles. The number of carbonyl (C=O) groups is 8. The smallest absolute Gasteiger partial charge is 0.335 e. The highest BCUT2D eigenvalue weighted by atomic mass is 35.5. The summed E-state index contributed by atoms with van der Waals surface area (Å²) >= 11 is 15.7. The second-order valence-corrected chi connectivity index (χ2v) is 37.8.